The van der Waals surface area contributed by atoms with Crippen LogP contribution in [0.2, 0.25) is 0 Å². The Morgan fingerprint density at radius 2 is 1.62 bits per heavy atom. The standard InChI is InChI=1S/C10H14.CH4O3S.Na/c1-3-9(2)10-7-5-4-6-8-10;1-5(2,3)4;/h4-9H,3H2,1-2H3;1H3,(H,2,3,4);/q;;+1/p-1. The summed E-state index contributed by atoms with van der Waals surface area (Å²) in [5.41, 5.74) is 1.45. The molecule has 0 radical (unpaired) electrons. The van der Waals surface area contributed by atoms with Crippen LogP contribution in [0.5, 0.6) is 0 Å². The zero-order valence-electron chi connectivity index (χ0n) is 10.3. The Morgan fingerprint density at radius 3 is 1.94 bits per heavy atom. The van der Waals surface area contributed by atoms with E-state index in [0.29, 0.717) is 12.2 Å². The smallest absolute Gasteiger partial charge is 0.748 e. The Labute approximate surface area is 120 Å². The Kier molecular flexibility index (Phi) is 10.6. The minimum atomic E-state index is -3.92. The topological polar surface area (TPSA) is 57.2 Å². The van der Waals surface area contributed by atoms with Crippen molar-refractivity contribution in [2.45, 2.75) is 26.2 Å². The third-order valence-electron chi connectivity index (χ3n) is 1.98. The van der Waals surface area contributed by atoms with E-state index in [1.54, 1.807) is 0 Å². The molecule has 0 aliphatic carbocycles. The maximum atomic E-state index is 9.08. The quantitative estimate of drug-likeness (QED) is 0.520. The zero-order valence-corrected chi connectivity index (χ0v) is 13.1. The van der Waals surface area contributed by atoms with Crippen molar-refractivity contribution in [3.63, 3.8) is 0 Å². The predicted octanol–water partition coefficient (Wildman–Crippen LogP) is -0.634. The number of rotatable bonds is 2. The zero-order chi connectivity index (χ0) is 11.9. The second-order valence-electron chi connectivity index (χ2n) is 3.42. The van der Waals surface area contributed by atoms with Crippen LogP contribution in [0.15, 0.2) is 30.3 Å². The minimum Gasteiger partial charge on any atom is -0.748 e. The summed E-state index contributed by atoms with van der Waals surface area (Å²) in [4.78, 5) is 0. The molecule has 1 aromatic rings. The van der Waals surface area contributed by atoms with Gasteiger partial charge in [0.25, 0.3) is 0 Å². The fourth-order valence-electron chi connectivity index (χ4n) is 1.02. The fraction of sp³-hybridized carbons (Fsp3) is 0.455. The second kappa shape index (κ2) is 9.19. The Morgan fingerprint density at radius 1 is 1.25 bits per heavy atom. The summed E-state index contributed by atoms with van der Waals surface area (Å²) in [5, 5.41) is 0. The van der Waals surface area contributed by atoms with Crippen LogP contribution in [0.25, 0.3) is 0 Å². The van der Waals surface area contributed by atoms with Gasteiger partial charge < -0.3 is 4.55 Å². The summed E-state index contributed by atoms with van der Waals surface area (Å²) >= 11 is 0. The first-order valence-corrected chi connectivity index (χ1v) is 6.62. The van der Waals surface area contributed by atoms with Gasteiger partial charge in [-0.05, 0) is 17.9 Å². The first kappa shape index (κ1) is 18.5. The normalized spacial score (nSPS) is 11.8. The molecule has 1 aromatic carbocycles. The molecule has 0 saturated carbocycles. The molecule has 3 nitrogen and oxygen atoms in total. The summed E-state index contributed by atoms with van der Waals surface area (Å²) in [5.74, 6) is 0.709. The van der Waals surface area contributed by atoms with Crippen molar-refractivity contribution in [2.75, 3.05) is 6.26 Å². The van der Waals surface area contributed by atoms with Gasteiger partial charge in [0.2, 0.25) is 0 Å². The molecule has 0 heterocycles. The summed E-state index contributed by atoms with van der Waals surface area (Å²) < 4.78 is 27.2. The largest absolute Gasteiger partial charge is 1.00 e. The summed E-state index contributed by atoms with van der Waals surface area (Å²) in [6, 6.07) is 10.6. The van der Waals surface area contributed by atoms with E-state index in [4.69, 9.17) is 13.0 Å². The van der Waals surface area contributed by atoms with Gasteiger partial charge in [0.05, 0.1) is 10.1 Å². The van der Waals surface area contributed by atoms with Crippen molar-refractivity contribution in [1.82, 2.24) is 0 Å². The van der Waals surface area contributed by atoms with Gasteiger partial charge >= 0.3 is 29.6 Å². The molecule has 0 N–H and O–H groups in total. The van der Waals surface area contributed by atoms with E-state index >= 15 is 0 Å². The molecule has 0 aromatic heterocycles. The summed E-state index contributed by atoms with van der Waals surface area (Å²) in [7, 11) is -3.92. The van der Waals surface area contributed by atoms with E-state index in [0.717, 1.165) is 0 Å². The molecule has 1 unspecified atom stereocenters. The van der Waals surface area contributed by atoms with Gasteiger partial charge in [0.15, 0.2) is 0 Å². The molecule has 0 aliphatic heterocycles. The molecule has 0 aliphatic rings. The SMILES string of the molecule is CCC(C)c1ccccc1.CS(=O)(=O)[O-].[Na+]. The van der Waals surface area contributed by atoms with Crippen molar-refractivity contribution in [2.24, 2.45) is 0 Å². The number of hydrogen-bond donors (Lipinski definition) is 0. The molecule has 0 fully saturated rings. The number of benzene rings is 1. The molecule has 0 amide bonds. The molecule has 0 saturated heterocycles. The third kappa shape index (κ3) is 12.2. The predicted molar refractivity (Wildman–Crippen MR) is 60.8 cm³/mol. The van der Waals surface area contributed by atoms with Crippen LogP contribution in [0.3, 0.4) is 0 Å². The Bertz CT molecular complexity index is 354. The van der Waals surface area contributed by atoms with Crippen LogP contribution in [0, 0.1) is 0 Å². The number of hydrogen-bond acceptors (Lipinski definition) is 3. The van der Waals surface area contributed by atoms with E-state index in [9.17, 15) is 0 Å². The Hall–Kier alpha value is 0.130. The van der Waals surface area contributed by atoms with Crippen molar-refractivity contribution < 1.29 is 42.5 Å². The second-order valence-corrected chi connectivity index (χ2v) is 4.83. The van der Waals surface area contributed by atoms with E-state index in [-0.39, 0.29) is 29.6 Å². The first-order valence-electron chi connectivity index (χ1n) is 4.80. The molecule has 16 heavy (non-hydrogen) atoms. The van der Waals surface area contributed by atoms with Gasteiger partial charge in [-0.2, -0.15) is 0 Å². The van der Waals surface area contributed by atoms with Gasteiger partial charge in [-0.3, -0.25) is 0 Å². The first-order chi connectivity index (χ1) is 6.84. The van der Waals surface area contributed by atoms with E-state index in [1.807, 2.05) is 0 Å². The van der Waals surface area contributed by atoms with Crippen LogP contribution in [0.4, 0.5) is 0 Å². The fourth-order valence-corrected chi connectivity index (χ4v) is 1.02. The molecular formula is C11H17NaO3S. The van der Waals surface area contributed by atoms with Crippen LogP contribution >= 0.6 is 0 Å². The van der Waals surface area contributed by atoms with Crippen LogP contribution < -0.4 is 29.6 Å². The van der Waals surface area contributed by atoms with E-state index in [1.165, 1.54) is 12.0 Å². The van der Waals surface area contributed by atoms with Crippen LogP contribution in [0.1, 0.15) is 31.7 Å². The van der Waals surface area contributed by atoms with Crippen molar-refractivity contribution in [1.29, 1.82) is 0 Å². The molecular weight excluding hydrogens is 235 g/mol. The van der Waals surface area contributed by atoms with Crippen molar-refractivity contribution >= 4 is 10.1 Å². The van der Waals surface area contributed by atoms with Crippen LogP contribution in [-0.2, 0) is 10.1 Å². The molecule has 5 heteroatoms. The molecule has 1 atom stereocenters. The molecule has 1 rings (SSSR count). The molecule has 0 spiro atoms. The third-order valence-corrected chi connectivity index (χ3v) is 1.98. The van der Waals surface area contributed by atoms with E-state index in [2.05, 4.69) is 44.2 Å². The van der Waals surface area contributed by atoms with E-state index < -0.39 is 10.1 Å². The molecule has 0 bridgehead atoms. The average molecular weight is 252 g/mol. The van der Waals surface area contributed by atoms with Gasteiger partial charge in [-0.15, -0.1) is 0 Å². The molecule has 86 valence electrons. The Balaban J connectivity index is 0. The van der Waals surface area contributed by atoms with Gasteiger partial charge in [-0.25, -0.2) is 8.42 Å². The summed E-state index contributed by atoms with van der Waals surface area (Å²) in [6.45, 7) is 4.48. The summed E-state index contributed by atoms with van der Waals surface area (Å²) in [6.07, 6.45) is 1.83. The van der Waals surface area contributed by atoms with Gasteiger partial charge in [-0.1, -0.05) is 44.2 Å². The van der Waals surface area contributed by atoms with Gasteiger partial charge in [0, 0.05) is 6.26 Å². The van der Waals surface area contributed by atoms with Crippen LogP contribution in [-0.4, -0.2) is 19.2 Å². The average Bonchev–Trinajstić information content (AvgIpc) is 2.15. The van der Waals surface area contributed by atoms with Gasteiger partial charge in [0.1, 0.15) is 0 Å². The minimum absolute atomic E-state index is 0. The monoisotopic (exact) mass is 252 g/mol. The maximum absolute atomic E-state index is 9.08. The maximum Gasteiger partial charge on any atom is 1.00 e. The van der Waals surface area contributed by atoms with Crippen molar-refractivity contribution in [3.8, 4) is 0 Å². The van der Waals surface area contributed by atoms with Crippen molar-refractivity contribution in [3.05, 3.63) is 35.9 Å².